The van der Waals surface area contributed by atoms with Crippen LogP contribution in [0.25, 0.3) is 6.08 Å². The van der Waals surface area contributed by atoms with E-state index < -0.39 is 11.8 Å². The second-order valence-corrected chi connectivity index (χ2v) is 10.1. The minimum Gasteiger partial charge on any atom is -0.421 e. The van der Waals surface area contributed by atoms with Gasteiger partial charge in [-0.1, -0.05) is 102 Å². The molecule has 0 saturated carbocycles. The number of rotatable bonds is 7. The highest BCUT2D eigenvalue weighted by molar-refractivity contribution is 6.38. The summed E-state index contributed by atoms with van der Waals surface area (Å²) in [6, 6.07) is 17.2. The second kappa shape index (κ2) is 10.4. The molecule has 3 heteroatoms. The van der Waals surface area contributed by atoms with Gasteiger partial charge < -0.3 is 4.74 Å². The molecule has 0 spiro atoms. The molecule has 1 atom stereocenters. The van der Waals surface area contributed by atoms with Crippen LogP contribution in [0, 0.1) is 10.8 Å². The van der Waals surface area contributed by atoms with Crippen molar-refractivity contribution >= 4 is 17.8 Å². The van der Waals surface area contributed by atoms with Gasteiger partial charge in [0, 0.05) is 0 Å². The van der Waals surface area contributed by atoms with Crippen LogP contribution in [0.15, 0.2) is 72.8 Å². The van der Waals surface area contributed by atoms with E-state index in [0.717, 1.165) is 12.0 Å². The fourth-order valence-electron chi connectivity index (χ4n) is 3.40. The molecule has 0 aliphatic carbocycles. The molecule has 3 nitrogen and oxygen atoms in total. The van der Waals surface area contributed by atoms with Crippen molar-refractivity contribution in [1.29, 1.82) is 0 Å². The van der Waals surface area contributed by atoms with Crippen LogP contribution in [0.3, 0.4) is 0 Å². The molecule has 0 saturated heterocycles. The number of ketones is 1. The topological polar surface area (TPSA) is 43.4 Å². The molecule has 0 bridgehead atoms. The molecule has 0 N–H and O–H groups in total. The van der Waals surface area contributed by atoms with Gasteiger partial charge in [-0.25, -0.2) is 4.79 Å². The largest absolute Gasteiger partial charge is 0.421 e. The van der Waals surface area contributed by atoms with Crippen molar-refractivity contribution in [3.05, 3.63) is 84.0 Å². The van der Waals surface area contributed by atoms with Gasteiger partial charge in [-0.3, -0.25) is 4.79 Å². The molecule has 0 aromatic heterocycles. The predicted octanol–water partition coefficient (Wildman–Crippen LogP) is 7.00. The molecule has 2 aromatic rings. The van der Waals surface area contributed by atoms with Crippen LogP contribution in [-0.2, 0) is 9.59 Å². The van der Waals surface area contributed by atoms with E-state index in [0.29, 0.717) is 11.7 Å². The SMILES string of the molecule is CC(C)(C)CC(c1ccc(OC(=O)C(=O)/C=C/C=C/c2ccccc2)cc1)C(C)(C)C. The van der Waals surface area contributed by atoms with E-state index in [4.69, 9.17) is 4.74 Å². The summed E-state index contributed by atoms with van der Waals surface area (Å²) in [6.07, 6.45) is 7.39. The van der Waals surface area contributed by atoms with Crippen LogP contribution in [0.1, 0.15) is 65.0 Å². The lowest BCUT2D eigenvalue weighted by atomic mass is 9.69. The van der Waals surface area contributed by atoms with Gasteiger partial charge in [0.15, 0.2) is 0 Å². The highest BCUT2D eigenvalue weighted by atomic mass is 16.5. The van der Waals surface area contributed by atoms with Crippen LogP contribution in [0.5, 0.6) is 5.75 Å². The molecular formula is C28H34O3. The Morgan fingerprint density at radius 1 is 0.871 bits per heavy atom. The van der Waals surface area contributed by atoms with Crippen LogP contribution >= 0.6 is 0 Å². The highest BCUT2D eigenvalue weighted by Gasteiger charge is 2.30. The molecule has 0 radical (unpaired) electrons. The quantitative estimate of drug-likeness (QED) is 0.160. The summed E-state index contributed by atoms with van der Waals surface area (Å²) in [5.74, 6) is -0.835. The van der Waals surface area contributed by atoms with E-state index in [-0.39, 0.29) is 10.8 Å². The zero-order valence-electron chi connectivity index (χ0n) is 19.5. The van der Waals surface area contributed by atoms with E-state index in [1.807, 2.05) is 48.5 Å². The molecule has 2 rings (SSSR count). The zero-order chi connectivity index (χ0) is 23.1. The van der Waals surface area contributed by atoms with Crippen molar-refractivity contribution in [2.75, 3.05) is 0 Å². The first-order valence-electron chi connectivity index (χ1n) is 10.7. The fourth-order valence-corrected chi connectivity index (χ4v) is 3.40. The van der Waals surface area contributed by atoms with E-state index in [1.165, 1.54) is 11.6 Å². The van der Waals surface area contributed by atoms with Gasteiger partial charge in [0.05, 0.1) is 0 Å². The lowest BCUT2D eigenvalue weighted by Crippen LogP contribution is -2.24. The lowest BCUT2D eigenvalue weighted by Gasteiger charge is -2.36. The van der Waals surface area contributed by atoms with E-state index in [2.05, 4.69) is 41.5 Å². The standard InChI is InChI=1S/C28H34O3/c1-27(2,3)20-24(28(4,5)6)22-16-18-23(19-17-22)31-26(30)25(29)15-11-10-14-21-12-8-7-9-13-21/h7-19,24H,20H2,1-6H3/b14-10+,15-11+. The van der Waals surface area contributed by atoms with E-state index >= 15 is 0 Å². The van der Waals surface area contributed by atoms with Crippen LogP contribution in [0.4, 0.5) is 0 Å². The lowest BCUT2D eigenvalue weighted by molar-refractivity contribution is -0.144. The normalized spacial score (nSPS) is 13.5. The van der Waals surface area contributed by atoms with Crippen molar-refractivity contribution in [3.63, 3.8) is 0 Å². The zero-order valence-corrected chi connectivity index (χ0v) is 19.5. The van der Waals surface area contributed by atoms with Crippen molar-refractivity contribution in [1.82, 2.24) is 0 Å². The van der Waals surface area contributed by atoms with Gasteiger partial charge >= 0.3 is 5.97 Å². The minimum atomic E-state index is -0.890. The summed E-state index contributed by atoms with van der Waals surface area (Å²) >= 11 is 0. The Hall–Kier alpha value is -2.94. The summed E-state index contributed by atoms with van der Waals surface area (Å²) in [5, 5.41) is 0. The predicted molar refractivity (Wildman–Crippen MR) is 128 cm³/mol. The molecular weight excluding hydrogens is 384 g/mol. The molecule has 0 aliphatic rings. The Bertz CT molecular complexity index is 921. The Kier molecular flexibility index (Phi) is 8.15. The minimum absolute atomic E-state index is 0.111. The molecule has 0 aliphatic heterocycles. The molecule has 164 valence electrons. The number of carbonyl (C=O) groups is 2. The first-order valence-corrected chi connectivity index (χ1v) is 10.7. The second-order valence-electron chi connectivity index (χ2n) is 10.1. The summed E-state index contributed by atoms with van der Waals surface area (Å²) in [5.41, 5.74) is 2.54. The van der Waals surface area contributed by atoms with E-state index in [9.17, 15) is 9.59 Å². The summed E-state index contributed by atoms with van der Waals surface area (Å²) in [7, 11) is 0. The smallest absolute Gasteiger partial charge is 0.384 e. The number of allylic oxidation sites excluding steroid dienone is 2. The average Bonchev–Trinajstić information content (AvgIpc) is 2.69. The number of hydrogen-bond acceptors (Lipinski definition) is 3. The number of hydrogen-bond donors (Lipinski definition) is 0. The van der Waals surface area contributed by atoms with Crippen molar-refractivity contribution in [3.8, 4) is 5.75 Å². The molecule has 0 amide bonds. The Labute approximate surface area is 186 Å². The first kappa shape index (κ1) is 24.3. The molecule has 1 unspecified atom stereocenters. The molecule has 2 aromatic carbocycles. The van der Waals surface area contributed by atoms with Crippen molar-refractivity contribution in [2.45, 2.75) is 53.9 Å². The third-order valence-corrected chi connectivity index (χ3v) is 5.00. The molecule has 31 heavy (non-hydrogen) atoms. The maximum Gasteiger partial charge on any atom is 0.384 e. The third-order valence-electron chi connectivity index (χ3n) is 5.00. The summed E-state index contributed by atoms with van der Waals surface area (Å²) in [4.78, 5) is 24.1. The third kappa shape index (κ3) is 8.37. The van der Waals surface area contributed by atoms with Crippen LogP contribution < -0.4 is 4.74 Å². The van der Waals surface area contributed by atoms with Crippen LogP contribution in [0.2, 0.25) is 0 Å². The maximum atomic E-state index is 12.1. The Morgan fingerprint density at radius 2 is 1.48 bits per heavy atom. The average molecular weight is 419 g/mol. The van der Waals surface area contributed by atoms with Gasteiger partial charge in [0.2, 0.25) is 0 Å². The van der Waals surface area contributed by atoms with Gasteiger partial charge in [0.1, 0.15) is 5.75 Å². The van der Waals surface area contributed by atoms with E-state index in [1.54, 1.807) is 24.3 Å². The maximum absolute atomic E-state index is 12.1. The fraction of sp³-hybridized carbons (Fsp3) is 0.357. The van der Waals surface area contributed by atoms with Gasteiger partial charge in [0.25, 0.3) is 5.78 Å². The number of esters is 1. The number of ether oxygens (including phenoxy) is 1. The summed E-state index contributed by atoms with van der Waals surface area (Å²) < 4.78 is 5.25. The van der Waals surface area contributed by atoms with Crippen molar-refractivity contribution in [2.24, 2.45) is 10.8 Å². The van der Waals surface area contributed by atoms with Crippen molar-refractivity contribution < 1.29 is 14.3 Å². The Balaban J connectivity index is 1.99. The monoisotopic (exact) mass is 418 g/mol. The highest BCUT2D eigenvalue weighted by Crippen LogP contribution is 2.43. The molecule has 0 heterocycles. The van der Waals surface area contributed by atoms with Gasteiger partial charge in [-0.05, 0) is 52.5 Å². The van der Waals surface area contributed by atoms with Crippen LogP contribution in [-0.4, -0.2) is 11.8 Å². The first-order chi connectivity index (χ1) is 14.5. The molecule has 0 fully saturated rings. The summed E-state index contributed by atoms with van der Waals surface area (Å²) in [6.45, 7) is 13.5. The Morgan fingerprint density at radius 3 is 2.03 bits per heavy atom. The number of benzene rings is 2. The van der Waals surface area contributed by atoms with Gasteiger partial charge in [-0.2, -0.15) is 0 Å². The number of carbonyl (C=O) groups excluding carboxylic acids is 2. The van der Waals surface area contributed by atoms with Gasteiger partial charge in [-0.15, -0.1) is 0 Å².